The number of hydrogen-bond acceptors (Lipinski definition) is 4. The first-order chi connectivity index (χ1) is 6.72. The monoisotopic (exact) mass is 247 g/mol. The fraction of sp³-hybridized carbons (Fsp3) is 0.700. The first-order valence-electron chi connectivity index (χ1n) is 5.03. The molecule has 0 bridgehead atoms. The Morgan fingerprint density at radius 2 is 2.47 bits per heavy atom. The topological polar surface area (TPSA) is 42.1 Å². The summed E-state index contributed by atoms with van der Waals surface area (Å²) in [5.41, 5.74) is 6.09. The van der Waals surface area contributed by atoms with E-state index in [1.54, 1.807) is 11.3 Å². The lowest BCUT2D eigenvalue weighted by Crippen LogP contribution is -2.31. The van der Waals surface area contributed by atoms with Crippen LogP contribution in [0, 0.1) is 5.41 Å². The third kappa shape index (κ3) is 3.14. The Morgan fingerprint density at radius 1 is 1.67 bits per heavy atom. The fourth-order valence-electron chi connectivity index (χ4n) is 1.95. The predicted molar refractivity (Wildman–Crippen MR) is 66.4 cm³/mol. The van der Waals surface area contributed by atoms with Crippen LogP contribution in [0.4, 0.5) is 0 Å². The van der Waals surface area contributed by atoms with Crippen molar-refractivity contribution in [2.45, 2.75) is 19.9 Å². The Morgan fingerprint density at radius 3 is 3.00 bits per heavy atom. The van der Waals surface area contributed by atoms with Crippen molar-refractivity contribution in [3.05, 3.63) is 16.6 Å². The van der Waals surface area contributed by atoms with Gasteiger partial charge in [0.2, 0.25) is 0 Å². The molecule has 0 aliphatic carbocycles. The molecular weight excluding hydrogens is 230 g/mol. The third-order valence-electron chi connectivity index (χ3n) is 2.97. The van der Waals surface area contributed by atoms with Gasteiger partial charge in [0.1, 0.15) is 5.01 Å². The van der Waals surface area contributed by atoms with Crippen LogP contribution in [-0.2, 0) is 6.54 Å². The second-order valence-electron chi connectivity index (χ2n) is 4.40. The van der Waals surface area contributed by atoms with Gasteiger partial charge in [-0.1, -0.05) is 6.92 Å². The molecule has 86 valence electrons. The third-order valence-corrected chi connectivity index (χ3v) is 3.74. The van der Waals surface area contributed by atoms with Gasteiger partial charge in [0.05, 0.1) is 6.54 Å². The molecule has 2 heterocycles. The van der Waals surface area contributed by atoms with Crippen LogP contribution >= 0.6 is 23.7 Å². The Bertz CT molecular complexity index is 291. The summed E-state index contributed by atoms with van der Waals surface area (Å²) in [5, 5.41) is 3.25. The summed E-state index contributed by atoms with van der Waals surface area (Å²) >= 11 is 1.73. The molecule has 3 nitrogen and oxygen atoms in total. The predicted octanol–water partition coefficient (Wildman–Crippen LogP) is 1.74. The number of likely N-dealkylation sites (tertiary alicyclic amines) is 1. The largest absolute Gasteiger partial charge is 0.330 e. The number of hydrogen-bond donors (Lipinski definition) is 1. The summed E-state index contributed by atoms with van der Waals surface area (Å²) in [6.45, 7) is 6.33. The Kier molecular flexibility index (Phi) is 4.52. The van der Waals surface area contributed by atoms with Crippen LogP contribution in [0.5, 0.6) is 0 Å². The van der Waals surface area contributed by atoms with E-state index in [2.05, 4.69) is 16.8 Å². The van der Waals surface area contributed by atoms with E-state index in [0.29, 0.717) is 5.41 Å². The number of thiazole rings is 1. The average Bonchev–Trinajstić information content (AvgIpc) is 2.78. The first kappa shape index (κ1) is 12.9. The SMILES string of the molecule is CC1(CN)CCN(Cc2nccs2)C1.Cl. The quantitative estimate of drug-likeness (QED) is 0.885. The van der Waals surface area contributed by atoms with Crippen LogP contribution in [0.25, 0.3) is 0 Å². The second-order valence-corrected chi connectivity index (χ2v) is 5.38. The standard InChI is InChI=1S/C10H17N3S.ClH/c1-10(7-11)2-4-13(8-10)6-9-12-3-5-14-9;/h3,5H,2,4,6-8,11H2,1H3;1H. The van der Waals surface area contributed by atoms with Crippen LogP contribution in [-0.4, -0.2) is 29.5 Å². The maximum Gasteiger partial charge on any atom is 0.107 e. The van der Waals surface area contributed by atoms with E-state index in [1.165, 1.54) is 11.4 Å². The van der Waals surface area contributed by atoms with Gasteiger partial charge in [-0.15, -0.1) is 23.7 Å². The molecule has 5 heteroatoms. The summed E-state index contributed by atoms with van der Waals surface area (Å²) < 4.78 is 0. The maximum absolute atomic E-state index is 5.76. The van der Waals surface area contributed by atoms with Gasteiger partial charge in [0.15, 0.2) is 0 Å². The van der Waals surface area contributed by atoms with Crippen LogP contribution in [0.2, 0.25) is 0 Å². The zero-order chi connectivity index (χ0) is 10.0. The van der Waals surface area contributed by atoms with Crippen molar-refractivity contribution < 1.29 is 0 Å². The molecule has 1 unspecified atom stereocenters. The van der Waals surface area contributed by atoms with E-state index in [4.69, 9.17) is 5.73 Å². The van der Waals surface area contributed by atoms with E-state index >= 15 is 0 Å². The van der Waals surface area contributed by atoms with E-state index < -0.39 is 0 Å². The fourth-order valence-corrected chi connectivity index (χ4v) is 2.61. The second kappa shape index (κ2) is 5.25. The summed E-state index contributed by atoms with van der Waals surface area (Å²) in [6.07, 6.45) is 3.09. The molecule has 15 heavy (non-hydrogen) atoms. The lowest BCUT2D eigenvalue weighted by molar-refractivity contribution is 0.274. The molecule has 1 aliphatic heterocycles. The molecule has 0 aromatic carbocycles. The highest BCUT2D eigenvalue weighted by molar-refractivity contribution is 7.09. The molecule has 2 rings (SSSR count). The van der Waals surface area contributed by atoms with E-state index in [9.17, 15) is 0 Å². The summed E-state index contributed by atoms with van der Waals surface area (Å²) in [7, 11) is 0. The van der Waals surface area contributed by atoms with Crippen LogP contribution in [0.3, 0.4) is 0 Å². The Hall–Kier alpha value is -0.160. The van der Waals surface area contributed by atoms with Crippen LogP contribution < -0.4 is 5.73 Å². The number of halogens is 1. The minimum atomic E-state index is 0. The summed E-state index contributed by atoms with van der Waals surface area (Å²) in [4.78, 5) is 6.75. The van der Waals surface area contributed by atoms with Crippen molar-refractivity contribution in [2.75, 3.05) is 19.6 Å². The van der Waals surface area contributed by atoms with Crippen molar-refractivity contribution in [2.24, 2.45) is 11.1 Å². The molecule has 1 aliphatic rings. The van der Waals surface area contributed by atoms with Crippen molar-refractivity contribution in [3.63, 3.8) is 0 Å². The zero-order valence-electron chi connectivity index (χ0n) is 8.98. The van der Waals surface area contributed by atoms with Crippen LogP contribution in [0.15, 0.2) is 11.6 Å². The summed E-state index contributed by atoms with van der Waals surface area (Å²) in [6, 6.07) is 0. The lowest BCUT2D eigenvalue weighted by atomic mass is 9.90. The Labute approximate surface area is 101 Å². The lowest BCUT2D eigenvalue weighted by Gasteiger charge is -2.21. The number of nitrogens with zero attached hydrogens (tertiary/aromatic N) is 2. The maximum atomic E-state index is 5.76. The van der Waals surface area contributed by atoms with Gasteiger partial charge in [-0.3, -0.25) is 4.90 Å². The molecule has 0 spiro atoms. The minimum Gasteiger partial charge on any atom is -0.330 e. The van der Waals surface area contributed by atoms with Crippen LogP contribution in [0.1, 0.15) is 18.4 Å². The molecule has 0 saturated carbocycles. The first-order valence-corrected chi connectivity index (χ1v) is 5.91. The van der Waals surface area contributed by atoms with Crippen molar-refractivity contribution in [1.29, 1.82) is 0 Å². The van der Waals surface area contributed by atoms with Gasteiger partial charge >= 0.3 is 0 Å². The molecule has 0 radical (unpaired) electrons. The van der Waals surface area contributed by atoms with Gasteiger partial charge in [0.25, 0.3) is 0 Å². The van der Waals surface area contributed by atoms with Crippen molar-refractivity contribution >= 4 is 23.7 Å². The normalized spacial score (nSPS) is 26.5. The van der Waals surface area contributed by atoms with Gasteiger partial charge in [-0.05, 0) is 24.9 Å². The van der Waals surface area contributed by atoms with Gasteiger partial charge in [-0.2, -0.15) is 0 Å². The molecule has 1 saturated heterocycles. The molecule has 2 N–H and O–H groups in total. The van der Waals surface area contributed by atoms with Gasteiger partial charge < -0.3 is 5.73 Å². The number of nitrogens with two attached hydrogens (primary N) is 1. The highest BCUT2D eigenvalue weighted by Gasteiger charge is 2.32. The smallest absolute Gasteiger partial charge is 0.107 e. The van der Waals surface area contributed by atoms with Gasteiger partial charge in [-0.25, -0.2) is 4.98 Å². The van der Waals surface area contributed by atoms with Crippen molar-refractivity contribution in [1.82, 2.24) is 9.88 Å². The minimum absolute atomic E-state index is 0. The van der Waals surface area contributed by atoms with E-state index in [0.717, 1.165) is 26.2 Å². The highest BCUT2D eigenvalue weighted by atomic mass is 35.5. The zero-order valence-corrected chi connectivity index (χ0v) is 10.6. The molecule has 0 amide bonds. The average molecular weight is 248 g/mol. The molecule has 1 aromatic heterocycles. The van der Waals surface area contributed by atoms with Gasteiger partial charge in [0, 0.05) is 18.1 Å². The van der Waals surface area contributed by atoms with Crippen molar-refractivity contribution in [3.8, 4) is 0 Å². The number of aromatic nitrogens is 1. The van der Waals surface area contributed by atoms with E-state index in [1.807, 2.05) is 11.6 Å². The number of rotatable bonds is 3. The molecule has 1 aromatic rings. The highest BCUT2D eigenvalue weighted by Crippen LogP contribution is 2.29. The summed E-state index contributed by atoms with van der Waals surface area (Å²) in [5.74, 6) is 0. The van der Waals surface area contributed by atoms with E-state index in [-0.39, 0.29) is 12.4 Å². The molecular formula is C10H18ClN3S. The Balaban J connectivity index is 0.00000112. The molecule has 1 atom stereocenters. The molecule has 1 fully saturated rings.